The van der Waals surface area contributed by atoms with E-state index in [0.29, 0.717) is 18.4 Å². The molecular formula is C22H23F3N2O. The van der Waals surface area contributed by atoms with Crippen LogP contribution < -0.4 is 5.32 Å². The highest BCUT2D eigenvalue weighted by atomic mass is 19.4. The van der Waals surface area contributed by atoms with Crippen molar-refractivity contribution in [2.45, 2.75) is 38.3 Å². The van der Waals surface area contributed by atoms with Gasteiger partial charge in [-0.2, -0.15) is 13.2 Å². The number of carbonyl (C=O) groups is 1. The number of hydrogen-bond acceptors (Lipinski definition) is 1. The van der Waals surface area contributed by atoms with Crippen LogP contribution in [-0.2, 0) is 22.8 Å². The third-order valence-electron chi connectivity index (χ3n) is 5.00. The zero-order valence-electron chi connectivity index (χ0n) is 15.9. The average Bonchev–Trinajstić information content (AvgIpc) is 3.07. The lowest BCUT2D eigenvalue weighted by Crippen LogP contribution is -2.36. The van der Waals surface area contributed by atoms with E-state index in [-0.39, 0.29) is 12.5 Å². The first-order valence-corrected chi connectivity index (χ1v) is 9.16. The first-order chi connectivity index (χ1) is 13.2. The second kappa shape index (κ2) is 7.70. The van der Waals surface area contributed by atoms with Crippen molar-refractivity contribution in [2.75, 3.05) is 6.54 Å². The van der Waals surface area contributed by atoms with Crippen LogP contribution in [0.25, 0.3) is 10.9 Å². The minimum atomic E-state index is -4.38. The maximum atomic E-state index is 12.9. The molecule has 148 valence electrons. The van der Waals surface area contributed by atoms with Crippen LogP contribution in [0.3, 0.4) is 0 Å². The highest BCUT2D eigenvalue weighted by Gasteiger charge is 2.32. The molecule has 0 saturated carbocycles. The molecule has 0 saturated heterocycles. The van der Waals surface area contributed by atoms with Gasteiger partial charge in [0.2, 0.25) is 5.91 Å². The number of aryl methyl sites for hydroxylation is 1. The number of rotatable bonds is 6. The second-order valence-corrected chi connectivity index (χ2v) is 7.60. The fourth-order valence-corrected chi connectivity index (χ4v) is 3.21. The van der Waals surface area contributed by atoms with Crippen LogP contribution in [0.2, 0.25) is 0 Å². The Balaban J connectivity index is 1.59. The lowest BCUT2D eigenvalue weighted by molar-refractivity contribution is -0.137. The van der Waals surface area contributed by atoms with Gasteiger partial charge in [-0.15, -0.1) is 0 Å². The van der Waals surface area contributed by atoms with E-state index in [0.717, 1.165) is 28.6 Å². The Labute approximate surface area is 162 Å². The number of alkyl halides is 3. The van der Waals surface area contributed by atoms with Gasteiger partial charge in [0.1, 0.15) is 0 Å². The quantitative estimate of drug-likeness (QED) is 0.598. The minimum absolute atomic E-state index is 0.120. The molecule has 0 fully saturated rings. The fraction of sp³-hybridized carbons (Fsp3) is 0.318. The van der Waals surface area contributed by atoms with E-state index in [1.54, 1.807) is 6.07 Å². The van der Waals surface area contributed by atoms with Gasteiger partial charge < -0.3 is 10.3 Å². The number of hydrogen-bond donors (Lipinski definition) is 2. The van der Waals surface area contributed by atoms with E-state index in [1.165, 1.54) is 6.07 Å². The van der Waals surface area contributed by atoms with Gasteiger partial charge in [0, 0.05) is 35.5 Å². The third-order valence-corrected chi connectivity index (χ3v) is 5.00. The summed E-state index contributed by atoms with van der Waals surface area (Å²) in [5.74, 6) is -0.120. The summed E-state index contributed by atoms with van der Waals surface area (Å²) in [5.41, 5.74) is 1.35. The molecular weight excluding hydrogens is 365 g/mol. The van der Waals surface area contributed by atoms with Crippen LogP contribution in [0.1, 0.15) is 37.0 Å². The van der Waals surface area contributed by atoms with E-state index in [1.807, 2.05) is 44.3 Å². The van der Waals surface area contributed by atoms with Gasteiger partial charge >= 0.3 is 6.18 Å². The number of carbonyl (C=O) groups excluding carboxylic acids is 1. The van der Waals surface area contributed by atoms with Crippen LogP contribution in [0.5, 0.6) is 0 Å². The van der Waals surface area contributed by atoms with Gasteiger partial charge in [-0.05, 0) is 29.7 Å². The Hall–Kier alpha value is -2.76. The van der Waals surface area contributed by atoms with Crippen LogP contribution in [-0.4, -0.2) is 17.4 Å². The van der Waals surface area contributed by atoms with E-state index >= 15 is 0 Å². The lowest BCUT2D eigenvalue weighted by atomic mass is 9.83. The van der Waals surface area contributed by atoms with Gasteiger partial charge in [-0.25, -0.2) is 0 Å². The molecule has 28 heavy (non-hydrogen) atoms. The molecule has 0 unspecified atom stereocenters. The number of amides is 1. The van der Waals surface area contributed by atoms with Crippen molar-refractivity contribution in [1.82, 2.24) is 10.3 Å². The summed E-state index contributed by atoms with van der Waals surface area (Å²) in [6.07, 6.45) is -1.56. The number of aromatic nitrogens is 1. The molecule has 0 aliphatic heterocycles. The number of nitrogens with one attached hydrogen (secondary N) is 2. The molecule has 0 radical (unpaired) electrons. The molecule has 0 aliphatic carbocycles. The summed E-state index contributed by atoms with van der Waals surface area (Å²) < 4.78 is 38.8. The Morgan fingerprint density at radius 2 is 1.75 bits per heavy atom. The predicted molar refractivity (Wildman–Crippen MR) is 104 cm³/mol. The average molecular weight is 388 g/mol. The zero-order valence-corrected chi connectivity index (χ0v) is 15.9. The van der Waals surface area contributed by atoms with Crippen molar-refractivity contribution in [3.63, 3.8) is 0 Å². The van der Waals surface area contributed by atoms with Gasteiger partial charge in [-0.1, -0.05) is 50.2 Å². The molecule has 2 aromatic carbocycles. The molecule has 3 rings (SSSR count). The molecule has 6 heteroatoms. The van der Waals surface area contributed by atoms with Crippen LogP contribution in [0, 0.1) is 0 Å². The van der Waals surface area contributed by atoms with Crippen molar-refractivity contribution in [3.8, 4) is 0 Å². The van der Waals surface area contributed by atoms with Crippen molar-refractivity contribution in [1.29, 1.82) is 0 Å². The third kappa shape index (κ3) is 4.55. The first kappa shape index (κ1) is 20.0. The van der Waals surface area contributed by atoms with Gasteiger partial charge in [0.25, 0.3) is 0 Å². The minimum Gasteiger partial charge on any atom is -0.361 e. The maximum absolute atomic E-state index is 12.9. The van der Waals surface area contributed by atoms with Crippen molar-refractivity contribution in [2.24, 2.45) is 0 Å². The normalized spacial score (nSPS) is 12.3. The number of benzene rings is 2. The SMILES string of the molecule is CC(C)(CNC(=O)CCc1c[nH]c2ccccc12)c1cccc(C(F)(F)F)c1. The Bertz CT molecular complexity index is 973. The number of halogens is 3. The molecule has 3 nitrogen and oxygen atoms in total. The highest BCUT2D eigenvalue weighted by molar-refractivity contribution is 5.84. The second-order valence-electron chi connectivity index (χ2n) is 7.60. The number of fused-ring (bicyclic) bond motifs is 1. The van der Waals surface area contributed by atoms with E-state index < -0.39 is 17.2 Å². The van der Waals surface area contributed by atoms with Crippen molar-refractivity contribution in [3.05, 3.63) is 71.4 Å². The van der Waals surface area contributed by atoms with Gasteiger partial charge in [0.15, 0.2) is 0 Å². The fourth-order valence-electron chi connectivity index (χ4n) is 3.21. The molecule has 3 aromatic rings. The summed E-state index contributed by atoms with van der Waals surface area (Å²) in [6.45, 7) is 3.91. The van der Waals surface area contributed by atoms with Gasteiger partial charge in [0.05, 0.1) is 5.56 Å². The summed E-state index contributed by atoms with van der Waals surface area (Å²) >= 11 is 0. The standard InChI is InChI=1S/C22H23F3N2O/c1-21(2,16-6-5-7-17(12-16)22(23,24)25)14-27-20(28)11-10-15-13-26-19-9-4-3-8-18(15)19/h3-9,12-13,26H,10-11,14H2,1-2H3,(H,27,28). The predicted octanol–water partition coefficient (Wildman–Crippen LogP) is 5.21. The summed E-state index contributed by atoms with van der Waals surface area (Å²) in [6, 6.07) is 13.2. The molecule has 0 bridgehead atoms. The largest absolute Gasteiger partial charge is 0.416 e. The van der Waals surface area contributed by atoms with E-state index in [9.17, 15) is 18.0 Å². The van der Waals surface area contributed by atoms with Crippen LogP contribution in [0.4, 0.5) is 13.2 Å². The summed E-state index contributed by atoms with van der Waals surface area (Å²) in [4.78, 5) is 15.5. The van der Waals surface area contributed by atoms with E-state index in [4.69, 9.17) is 0 Å². The van der Waals surface area contributed by atoms with Crippen LogP contribution >= 0.6 is 0 Å². The maximum Gasteiger partial charge on any atom is 0.416 e. The van der Waals surface area contributed by atoms with Crippen LogP contribution in [0.15, 0.2) is 54.7 Å². The monoisotopic (exact) mass is 388 g/mol. The first-order valence-electron chi connectivity index (χ1n) is 9.16. The smallest absolute Gasteiger partial charge is 0.361 e. The summed E-state index contributed by atoms with van der Waals surface area (Å²) in [5, 5.41) is 3.96. The Morgan fingerprint density at radius 1 is 1.04 bits per heavy atom. The number of para-hydroxylation sites is 1. The molecule has 1 heterocycles. The molecule has 2 N–H and O–H groups in total. The molecule has 1 amide bonds. The summed E-state index contributed by atoms with van der Waals surface area (Å²) in [7, 11) is 0. The van der Waals surface area contributed by atoms with Gasteiger partial charge in [-0.3, -0.25) is 4.79 Å². The number of H-pyrrole nitrogens is 1. The topological polar surface area (TPSA) is 44.9 Å². The Kier molecular flexibility index (Phi) is 5.49. The molecule has 1 aromatic heterocycles. The molecule has 0 spiro atoms. The molecule has 0 atom stereocenters. The highest BCUT2D eigenvalue weighted by Crippen LogP contribution is 2.32. The van der Waals surface area contributed by atoms with Crippen molar-refractivity contribution < 1.29 is 18.0 Å². The number of aromatic amines is 1. The lowest BCUT2D eigenvalue weighted by Gasteiger charge is -2.26. The Morgan fingerprint density at radius 3 is 2.50 bits per heavy atom. The van der Waals surface area contributed by atoms with Crippen molar-refractivity contribution >= 4 is 16.8 Å². The molecule has 0 aliphatic rings. The zero-order chi connectivity index (χ0) is 20.4. The van der Waals surface area contributed by atoms with E-state index in [2.05, 4.69) is 10.3 Å².